The van der Waals surface area contributed by atoms with E-state index in [1.54, 1.807) is 7.11 Å². The van der Waals surface area contributed by atoms with Crippen molar-refractivity contribution in [3.63, 3.8) is 0 Å². The van der Waals surface area contributed by atoms with Gasteiger partial charge in [-0.2, -0.15) is 0 Å². The summed E-state index contributed by atoms with van der Waals surface area (Å²) in [6.07, 6.45) is 2.51. The minimum atomic E-state index is 0.335. The third kappa shape index (κ3) is 6.66. The fourth-order valence-corrected chi connectivity index (χ4v) is 1.18. The van der Waals surface area contributed by atoms with E-state index >= 15 is 0 Å². The summed E-state index contributed by atoms with van der Waals surface area (Å²) in [4.78, 5) is 0. The molecule has 0 rings (SSSR count). The van der Waals surface area contributed by atoms with Crippen LogP contribution in [0.1, 0.15) is 47.5 Å². The Labute approximate surface area is 77.5 Å². The minimum absolute atomic E-state index is 0.335. The maximum absolute atomic E-state index is 5.17. The molecule has 0 bridgehead atoms. The van der Waals surface area contributed by atoms with Gasteiger partial charge in [0.25, 0.3) is 0 Å². The van der Waals surface area contributed by atoms with Crippen molar-refractivity contribution >= 4 is 0 Å². The predicted molar refractivity (Wildman–Crippen MR) is 54.3 cm³/mol. The van der Waals surface area contributed by atoms with Crippen LogP contribution in [0.2, 0.25) is 0 Å². The molecule has 0 aliphatic rings. The number of ether oxygens (including phenoxy) is 1. The zero-order valence-corrected chi connectivity index (χ0v) is 9.53. The second-order valence-corrected chi connectivity index (χ2v) is 5.66. The Bertz CT molecular complexity index is 119. The van der Waals surface area contributed by atoms with Crippen LogP contribution in [0, 0.1) is 10.8 Å². The third-order valence-electron chi connectivity index (χ3n) is 2.09. The quantitative estimate of drug-likeness (QED) is 0.631. The van der Waals surface area contributed by atoms with E-state index in [0.717, 1.165) is 6.61 Å². The molecule has 0 aliphatic heterocycles. The summed E-state index contributed by atoms with van der Waals surface area (Å²) in [7, 11) is 1.78. The Balaban J connectivity index is 3.75. The van der Waals surface area contributed by atoms with Crippen LogP contribution < -0.4 is 0 Å². The maximum Gasteiger partial charge on any atom is 0.0513 e. The molecule has 1 nitrogen and oxygen atoms in total. The van der Waals surface area contributed by atoms with Gasteiger partial charge in [-0.15, -0.1) is 0 Å². The van der Waals surface area contributed by atoms with Crippen molar-refractivity contribution in [1.82, 2.24) is 0 Å². The summed E-state index contributed by atoms with van der Waals surface area (Å²) in [6.45, 7) is 12.3. The van der Waals surface area contributed by atoms with E-state index < -0.39 is 0 Å². The largest absolute Gasteiger partial charge is 0.384 e. The zero-order chi connectivity index (χ0) is 9.83. The zero-order valence-electron chi connectivity index (χ0n) is 9.53. The maximum atomic E-state index is 5.17. The minimum Gasteiger partial charge on any atom is -0.384 e. The molecule has 74 valence electrons. The van der Waals surface area contributed by atoms with Crippen LogP contribution in [-0.2, 0) is 4.74 Å². The average Bonchev–Trinajstić information content (AvgIpc) is 1.83. The molecule has 0 aliphatic carbocycles. The van der Waals surface area contributed by atoms with Crippen molar-refractivity contribution in [3.05, 3.63) is 0 Å². The highest BCUT2D eigenvalue weighted by Gasteiger charge is 2.21. The predicted octanol–water partition coefficient (Wildman–Crippen LogP) is 3.49. The standard InChI is InChI=1S/C11H24O/c1-10(2,3)7-8-11(4,5)9-12-6/h7-9H2,1-6H3. The van der Waals surface area contributed by atoms with Crippen molar-refractivity contribution in [1.29, 1.82) is 0 Å². The van der Waals surface area contributed by atoms with Crippen LogP contribution in [-0.4, -0.2) is 13.7 Å². The van der Waals surface area contributed by atoms with E-state index in [-0.39, 0.29) is 0 Å². The topological polar surface area (TPSA) is 9.23 Å². The van der Waals surface area contributed by atoms with E-state index in [9.17, 15) is 0 Å². The van der Waals surface area contributed by atoms with Gasteiger partial charge in [-0.25, -0.2) is 0 Å². The first-order valence-electron chi connectivity index (χ1n) is 4.76. The highest BCUT2D eigenvalue weighted by Crippen LogP contribution is 2.30. The molecule has 1 heteroatoms. The Morgan fingerprint density at radius 3 is 1.75 bits per heavy atom. The second kappa shape index (κ2) is 4.27. The van der Waals surface area contributed by atoms with Crippen molar-refractivity contribution < 1.29 is 4.74 Å². The Kier molecular flexibility index (Phi) is 4.25. The molecule has 0 spiro atoms. The lowest BCUT2D eigenvalue weighted by molar-refractivity contribution is 0.0888. The van der Waals surface area contributed by atoms with Crippen molar-refractivity contribution in [3.8, 4) is 0 Å². The van der Waals surface area contributed by atoms with Gasteiger partial charge in [-0.3, -0.25) is 0 Å². The van der Waals surface area contributed by atoms with E-state index in [4.69, 9.17) is 4.74 Å². The lowest BCUT2D eigenvalue weighted by Crippen LogP contribution is -2.21. The van der Waals surface area contributed by atoms with Gasteiger partial charge in [0, 0.05) is 7.11 Å². The molecule has 0 saturated heterocycles. The van der Waals surface area contributed by atoms with Gasteiger partial charge in [-0.05, 0) is 23.7 Å². The SMILES string of the molecule is COCC(C)(C)CCC(C)(C)C. The van der Waals surface area contributed by atoms with Crippen molar-refractivity contribution in [2.24, 2.45) is 10.8 Å². The number of methoxy groups -OCH3 is 1. The van der Waals surface area contributed by atoms with Crippen LogP contribution in [0.3, 0.4) is 0 Å². The number of hydrogen-bond acceptors (Lipinski definition) is 1. The molecule has 0 atom stereocenters. The summed E-state index contributed by atoms with van der Waals surface area (Å²) in [5.74, 6) is 0. The monoisotopic (exact) mass is 172 g/mol. The van der Waals surface area contributed by atoms with Gasteiger partial charge in [0.2, 0.25) is 0 Å². The van der Waals surface area contributed by atoms with Gasteiger partial charge in [0.1, 0.15) is 0 Å². The molecular weight excluding hydrogens is 148 g/mol. The van der Waals surface area contributed by atoms with Crippen LogP contribution in [0.25, 0.3) is 0 Å². The highest BCUT2D eigenvalue weighted by atomic mass is 16.5. The molecular formula is C11H24O. The third-order valence-corrected chi connectivity index (χ3v) is 2.09. The molecule has 0 unspecified atom stereocenters. The lowest BCUT2D eigenvalue weighted by atomic mass is 9.80. The molecule has 0 fully saturated rings. The van der Waals surface area contributed by atoms with Crippen LogP contribution in [0.15, 0.2) is 0 Å². The van der Waals surface area contributed by atoms with E-state index in [0.29, 0.717) is 10.8 Å². The Morgan fingerprint density at radius 1 is 0.917 bits per heavy atom. The fraction of sp³-hybridized carbons (Fsp3) is 1.00. The van der Waals surface area contributed by atoms with Crippen molar-refractivity contribution in [2.45, 2.75) is 47.5 Å². The molecule has 0 aromatic heterocycles. The van der Waals surface area contributed by atoms with Crippen molar-refractivity contribution in [2.75, 3.05) is 13.7 Å². The number of hydrogen-bond donors (Lipinski definition) is 0. The van der Waals surface area contributed by atoms with E-state index in [1.165, 1.54) is 12.8 Å². The van der Waals surface area contributed by atoms with Crippen LogP contribution in [0.5, 0.6) is 0 Å². The normalized spacial score (nSPS) is 13.5. The molecule has 12 heavy (non-hydrogen) atoms. The summed E-state index contributed by atoms with van der Waals surface area (Å²) in [5.41, 5.74) is 0.785. The Morgan fingerprint density at radius 2 is 1.42 bits per heavy atom. The van der Waals surface area contributed by atoms with Gasteiger partial charge in [-0.1, -0.05) is 34.6 Å². The fourth-order valence-electron chi connectivity index (χ4n) is 1.18. The summed E-state index contributed by atoms with van der Waals surface area (Å²) >= 11 is 0. The molecule has 0 aromatic carbocycles. The van der Waals surface area contributed by atoms with E-state index in [1.807, 2.05) is 0 Å². The molecule has 0 radical (unpaired) electrons. The van der Waals surface area contributed by atoms with Gasteiger partial charge in [0.15, 0.2) is 0 Å². The molecule has 0 heterocycles. The van der Waals surface area contributed by atoms with Gasteiger partial charge in [0.05, 0.1) is 6.61 Å². The first kappa shape index (κ1) is 12.0. The smallest absolute Gasteiger partial charge is 0.0513 e. The van der Waals surface area contributed by atoms with E-state index in [2.05, 4.69) is 34.6 Å². The molecule has 0 saturated carbocycles. The molecule has 0 amide bonds. The molecule has 0 aromatic rings. The second-order valence-electron chi connectivity index (χ2n) is 5.66. The van der Waals surface area contributed by atoms with Gasteiger partial charge >= 0.3 is 0 Å². The summed E-state index contributed by atoms with van der Waals surface area (Å²) in [6, 6.07) is 0. The van der Waals surface area contributed by atoms with Crippen LogP contribution in [0.4, 0.5) is 0 Å². The van der Waals surface area contributed by atoms with Crippen LogP contribution >= 0.6 is 0 Å². The first-order valence-corrected chi connectivity index (χ1v) is 4.76. The average molecular weight is 172 g/mol. The number of rotatable bonds is 4. The van der Waals surface area contributed by atoms with Gasteiger partial charge < -0.3 is 4.74 Å². The molecule has 0 N–H and O–H groups in total. The Hall–Kier alpha value is -0.0400. The summed E-state index contributed by atoms with van der Waals surface area (Å²) < 4.78 is 5.17. The lowest BCUT2D eigenvalue weighted by Gasteiger charge is -2.28. The highest BCUT2D eigenvalue weighted by molar-refractivity contribution is 4.72. The first-order chi connectivity index (χ1) is 5.27. The summed E-state index contributed by atoms with van der Waals surface area (Å²) in [5, 5.41) is 0.